The molecule has 1 fully saturated rings. The van der Waals surface area contributed by atoms with Crippen molar-refractivity contribution in [1.82, 2.24) is 15.0 Å². The molecule has 0 unspecified atom stereocenters. The second kappa shape index (κ2) is 12.2. The molecule has 7 nitrogen and oxygen atoms in total. The van der Waals surface area contributed by atoms with Crippen molar-refractivity contribution in [2.24, 2.45) is 0 Å². The van der Waals surface area contributed by atoms with Crippen LogP contribution in [0, 0.1) is 0 Å². The topological polar surface area (TPSA) is 65.2 Å². The number of aliphatic hydroxyl groups excluding tert-OH is 1. The van der Waals surface area contributed by atoms with E-state index < -0.39 is 6.10 Å². The van der Waals surface area contributed by atoms with Gasteiger partial charge in [0.15, 0.2) is 0 Å². The number of benzene rings is 1. The predicted molar refractivity (Wildman–Crippen MR) is 124 cm³/mol. The van der Waals surface area contributed by atoms with Crippen molar-refractivity contribution < 1.29 is 14.4 Å². The van der Waals surface area contributed by atoms with Crippen molar-refractivity contribution in [3.05, 3.63) is 35.9 Å². The Morgan fingerprint density at radius 3 is 2.55 bits per heavy atom. The zero-order valence-electron chi connectivity index (χ0n) is 19.3. The van der Waals surface area contributed by atoms with Crippen LogP contribution in [0.4, 0.5) is 5.88 Å². The van der Waals surface area contributed by atoms with Crippen LogP contribution in [-0.2, 0) is 11.3 Å². The van der Waals surface area contributed by atoms with E-state index in [9.17, 15) is 5.11 Å². The second-order valence-corrected chi connectivity index (χ2v) is 8.58. The molecule has 0 aliphatic carbocycles. The van der Waals surface area contributed by atoms with Gasteiger partial charge < -0.3 is 24.2 Å². The van der Waals surface area contributed by atoms with Gasteiger partial charge in [-0.2, -0.15) is 0 Å². The first-order chi connectivity index (χ1) is 15.1. The molecule has 0 saturated carbocycles. The minimum atomic E-state index is -0.527. The fourth-order valence-corrected chi connectivity index (χ4v) is 4.02. The van der Waals surface area contributed by atoms with Crippen molar-refractivity contribution in [3.63, 3.8) is 0 Å². The fraction of sp³-hybridized carbons (Fsp3) is 0.625. The lowest BCUT2D eigenvalue weighted by atomic mass is 10.1. The van der Waals surface area contributed by atoms with Gasteiger partial charge in [0, 0.05) is 51.4 Å². The van der Waals surface area contributed by atoms with Crippen LogP contribution in [0.15, 0.2) is 34.9 Å². The summed E-state index contributed by atoms with van der Waals surface area (Å²) in [5.74, 6) is 0.882. The molecule has 1 aliphatic rings. The van der Waals surface area contributed by atoms with Crippen LogP contribution in [0.3, 0.4) is 0 Å². The molecular weight excluding hydrogens is 392 g/mol. The highest BCUT2D eigenvalue weighted by atomic mass is 16.5. The van der Waals surface area contributed by atoms with Crippen molar-refractivity contribution in [2.45, 2.75) is 38.8 Å². The van der Waals surface area contributed by atoms with Crippen molar-refractivity contribution in [2.75, 3.05) is 64.9 Å². The lowest BCUT2D eigenvalue weighted by molar-refractivity contribution is 0.0186. The molecule has 0 bridgehead atoms. The van der Waals surface area contributed by atoms with Crippen LogP contribution in [-0.4, -0.2) is 86.2 Å². The number of piperidine rings is 1. The van der Waals surface area contributed by atoms with Crippen molar-refractivity contribution >= 4 is 5.88 Å². The quantitative estimate of drug-likeness (QED) is 0.555. The van der Waals surface area contributed by atoms with Gasteiger partial charge in [0.05, 0.1) is 18.3 Å². The van der Waals surface area contributed by atoms with Gasteiger partial charge in [-0.15, -0.1) is 0 Å². The molecule has 1 aromatic carbocycles. The number of aromatic nitrogens is 1. The Morgan fingerprint density at radius 2 is 1.87 bits per heavy atom. The van der Waals surface area contributed by atoms with Crippen LogP contribution in [0.5, 0.6) is 0 Å². The molecule has 0 radical (unpaired) electrons. The third kappa shape index (κ3) is 7.04. The maximum Gasteiger partial charge on any atom is 0.232 e. The first kappa shape index (κ1) is 23.7. The Balaban J connectivity index is 1.87. The Bertz CT molecular complexity index is 759. The summed E-state index contributed by atoms with van der Waals surface area (Å²) in [5, 5.41) is 15.0. The SMILES string of the molecule is CCOC[C@@H](O)CN(CCN(C)C)Cc1c(-c2ccccc2)noc1N1CCCCC1. The third-order valence-electron chi connectivity index (χ3n) is 5.69. The second-order valence-electron chi connectivity index (χ2n) is 8.58. The van der Waals surface area contributed by atoms with E-state index in [1.54, 1.807) is 0 Å². The lowest BCUT2D eigenvalue weighted by Gasteiger charge is -2.29. The highest BCUT2D eigenvalue weighted by Gasteiger charge is 2.26. The summed E-state index contributed by atoms with van der Waals surface area (Å²) in [4.78, 5) is 6.79. The third-order valence-corrected chi connectivity index (χ3v) is 5.69. The molecular formula is C24H38N4O3. The number of likely N-dealkylation sites (N-methyl/N-ethyl adjacent to an activating group) is 1. The number of hydrogen-bond acceptors (Lipinski definition) is 7. The summed E-state index contributed by atoms with van der Waals surface area (Å²) in [7, 11) is 4.14. The van der Waals surface area contributed by atoms with Crippen LogP contribution < -0.4 is 4.90 Å². The molecule has 2 heterocycles. The largest absolute Gasteiger partial charge is 0.389 e. The van der Waals surface area contributed by atoms with Gasteiger partial charge in [0.1, 0.15) is 5.69 Å². The molecule has 7 heteroatoms. The summed E-state index contributed by atoms with van der Waals surface area (Å²) in [5.41, 5.74) is 3.07. The molecule has 1 aliphatic heterocycles. The summed E-state index contributed by atoms with van der Waals surface area (Å²) in [6, 6.07) is 10.2. The van der Waals surface area contributed by atoms with Crippen LogP contribution in [0.2, 0.25) is 0 Å². The number of rotatable bonds is 12. The van der Waals surface area contributed by atoms with Gasteiger partial charge >= 0.3 is 0 Å². The molecule has 1 atom stereocenters. The van der Waals surface area contributed by atoms with Gasteiger partial charge in [-0.1, -0.05) is 35.5 Å². The van der Waals surface area contributed by atoms with E-state index in [-0.39, 0.29) is 0 Å². The number of ether oxygens (including phenoxy) is 1. The monoisotopic (exact) mass is 430 g/mol. The normalized spacial score (nSPS) is 15.7. The summed E-state index contributed by atoms with van der Waals surface area (Å²) in [6.45, 7) is 7.89. The molecule has 0 spiro atoms. The predicted octanol–water partition coefficient (Wildman–Crippen LogP) is 3.09. The minimum Gasteiger partial charge on any atom is -0.389 e. The lowest BCUT2D eigenvalue weighted by Crippen LogP contribution is -2.39. The summed E-state index contributed by atoms with van der Waals surface area (Å²) >= 11 is 0. The highest BCUT2D eigenvalue weighted by Crippen LogP contribution is 2.33. The Kier molecular flexibility index (Phi) is 9.33. The first-order valence-corrected chi connectivity index (χ1v) is 11.5. The molecule has 3 rings (SSSR count). The zero-order chi connectivity index (χ0) is 22.1. The Hall–Kier alpha value is -1.93. The van der Waals surface area contributed by atoms with E-state index in [1.165, 1.54) is 19.3 Å². The van der Waals surface area contributed by atoms with E-state index in [2.05, 4.69) is 46.1 Å². The fourth-order valence-electron chi connectivity index (χ4n) is 4.02. The van der Waals surface area contributed by atoms with Crippen LogP contribution >= 0.6 is 0 Å². The first-order valence-electron chi connectivity index (χ1n) is 11.5. The van der Waals surface area contributed by atoms with Crippen LogP contribution in [0.25, 0.3) is 11.3 Å². The zero-order valence-corrected chi connectivity index (χ0v) is 19.3. The van der Waals surface area contributed by atoms with Crippen molar-refractivity contribution in [3.8, 4) is 11.3 Å². The van der Waals surface area contributed by atoms with Crippen molar-refractivity contribution in [1.29, 1.82) is 0 Å². The van der Waals surface area contributed by atoms with E-state index in [0.717, 1.165) is 48.9 Å². The molecule has 1 saturated heterocycles. The number of anilines is 1. The number of hydrogen-bond donors (Lipinski definition) is 1. The molecule has 1 aromatic heterocycles. The minimum absolute atomic E-state index is 0.350. The molecule has 1 N–H and O–H groups in total. The van der Waals surface area contributed by atoms with E-state index in [4.69, 9.17) is 9.26 Å². The molecule has 0 amide bonds. The van der Waals surface area contributed by atoms with Gasteiger partial charge in [0.25, 0.3) is 0 Å². The molecule has 172 valence electrons. The standard InChI is InChI=1S/C24H38N4O3/c1-4-30-19-21(29)17-27(16-15-26(2)3)18-22-23(20-11-7-5-8-12-20)25-31-24(22)28-13-9-6-10-14-28/h5,7-8,11-12,21,29H,4,6,9-10,13-19H2,1-3H3/t21-/m0/s1. The number of aliphatic hydroxyl groups is 1. The van der Waals surface area contributed by atoms with E-state index in [0.29, 0.717) is 26.3 Å². The average molecular weight is 431 g/mol. The average Bonchev–Trinajstić information content (AvgIpc) is 3.20. The van der Waals surface area contributed by atoms with E-state index >= 15 is 0 Å². The molecule has 31 heavy (non-hydrogen) atoms. The molecule has 2 aromatic rings. The van der Waals surface area contributed by atoms with Gasteiger partial charge in [-0.05, 0) is 40.3 Å². The van der Waals surface area contributed by atoms with Gasteiger partial charge in [0.2, 0.25) is 5.88 Å². The Labute approximate surface area is 186 Å². The summed E-state index contributed by atoms with van der Waals surface area (Å²) in [6.07, 6.45) is 3.10. The van der Waals surface area contributed by atoms with Crippen LogP contribution in [0.1, 0.15) is 31.7 Å². The number of nitrogens with zero attached hydrogens (tertiary/aromatic N) is 4. The Morgan fingerprint density at radius 1 is 1.13 bits per heavy atom. The maximum absolute atomic E-state index is 10.5. The van der Waals surface area contributed by atoms with Gasteiger partial charge in [-0.25, -0.2) is 0 Å². The van der Waals surface area contributed by atoms with E-state index in [1.807, 2.05) is 25.1 Å². The van der Waals surface area contributed by atoms with Gasteiger partial charge in [-0.3, -0.25) is 4.90 Å². The highest BCUT2D eigenvalue weighted by molar-refractivity contribution is 5.68. The smallest absolute Gasteiger partial charge is 0.232 e. The maximum atomic E-state index is 10.5. The summed E-state index contributed by atoms with van der Waals surface area (Å²) < 4.78 is 11.4.